The van der Waals surface area contributed by atoms with Crippen molar-refractivity contribution in [1.82, 2.24) is 9.62 Å². The van der Waals surface area contributed by atoms with Gasteiger partial charge < -0.3 is 15.1 Å². The largest absolute Gasteiger partial charge is 0.416 e. The molecular formula is C21H23F3N4O3S. The van der Waals surface area contributed by atoms with Crippen molar-refractivity contribution in [3.05, 3.63) is 53.1 Å². The second-order valence-corrected chi connectivity index (χ2v) is 9.69. The van der Waals surface area contributed by atoms with Crippen molar-refractivity contribution in [1.29, 1.82) is 0 Å². The van der Waals surface area contributed by atoms with Crippen molar-refractivity contribution >= 4 is 27.3 Å². The summed E-state index contributed by atoms with van der Waals surface area (Å²) in [5.74, 6) is -0.531. The minimum absolute atomic E-state index is 0.245. The first-order chi connectivity index (χ1) is 15.0. The van der Waals surface area contributed by atoms with Crippen LogP contribution in [-0.2, 0) is 21.0 Å². The summed E-state index contributed by atoms with van der Waals surface area (Å²) in [5, 5.41) is 2.63. The van der Waals surface area contributed by atoms with E-state index in [0.29, 0.717) is 38.3 Å². The van der Waals surface area contributed by atoms with Crippen molar-refractivity contribution in [2.24, 2.45) is 0 Å². The molecule has 2 N–H and O–H groups in total. The lowest BCUT2D eigenvalue weighted by Gasteiger charge is -2.39. The number of rotatable bonds is 2. The van der Waals surface area contributed by atoms with E-state index < -0.39 is 33.8 Å². The molecule has 32 heavy (non-hydrogen) atoms. The second-order valence-electron chi connectivity index (χ2n) is 8.01. The van der Waals surface area contributed by atoms with Gasteiger partial charge in [0.1, 0.15) is 4.90 Å². The first-order valence-corrected chi connectivity index (χ1v) is 11.6. The minimum atomic E-state index is -4.63. The Morgan fingerprint density at radius 1 is 1.03 bits per heavy atom. The third kappa shape index (κ3) is 4.26. The molecule has 0 unspecified atom stereocenters. The maximum Gasteiger partial charge on any atom is 0.416 e. The molecule has 172 valence electrons. The van der Waals surface area contributed by atoms with Gasteiger partial charge in [-0.25, -0.2) is 8.42 Å². The standard InChI is InChI=1S/C21H23F3N4O3S/c1-13-3-5-17(14(2)11-13)27-7-9-28(10-8-27)20(29)19-25-16-12-15(21(22,23)24)4-6-18(16)32(30,31)26-19/h3-6,11-12,19,25-26H,7-10H2,1-2H3/t19-/m1/s1. The van der Waals surface area contributed by atoms with E-state index in [1.165, 1.54) is 4.90 Å². The van der Waals surface area contributed by atoms with Crippen LogP contribution < -0.4 is 14.9 Å². The fourth-order valence-corrected chi connectivity index (χ4v) is 5.33. The second kappa shape index (κ2) is 7.96. The van der Waals surface area contributed by atoms with E-state index in [2.05, 4.69) is 21.0 Å². The molecule has 1 amide bonds. The molecule has 2 aliphatic heterocycles. The molecule has 0 bridgehead atoms. The number of fused-ring (bicyclic) bond motifs is 1. The number of hydrogen-bond donors (Lipinski definition) is 2. The highest BCUT2D eigenvalue weighted by Crippen LogP contribution is 2.35. The Hall–Kier alpha value is -2.79. The number of carbonyl (C=O) groups excluding carboxylic acids is 1. The Morgan fingerprint density at radius 3 is 2.34 bits per heavy atom. The first kappa shape index (κ1) is 22.4. The molecule has 2 aliphatic rings. The molecule has 0 aromatic heterocycles. The number of amides is 1. The van der Waals surface area contributed by atoms with Gasteiger partial charge in [-0.2, -0.15) is 17.9 Å². The number of sulfonamides is 1. The number of nitrogens with one attached hydrogen (secondary N) is 2. The Kier molecular flexibility index (Phi) is 5.58. The number of anilines is 2. The van der Waals surface area contributed by atoms with Crippen LogP contribution in [-0.4, -0.2) is 51.6 Å². The zero-order chi connectivity index (χ0) is 23.3. The fourth-order valence-electron chi connectivity index (χ4n) is 4.08. The summed E-state index contributed by atoms with van der Waals surface area (Å²) in [6, 6.07) is 8.44. The summed E-state index contributed by atoms with van der Waals surface area (Å²) < 4.78 is 66.4. The van der Waals surface area contributed by atoms with E-state index in [1.54, 1.807) is 0 Å². The van der Waals surface area contributed by atoms with Crippen LogP contribution in [0.15, 0.2) is 41.3 Å². The molecule has 2 aromatic carbocycles. The van der Waals surface area contributed by atoms with Crippen LogP contribution in [0.3, 0.4) is 0 Å². The monoisotopic (exact) mass is 468 g/mol. The summed E-state index contributed by atoms with van der Waals surface area (Å²) in [7, 11) is -4.14. The van der Waals surface area contributed by atoms with Crippen molar-refractivity contribution in [2.75, 3.05) is 36.4 Å². The number of benzene rings is 2. The highest BCUT2D eigenvalue weighted by molar-refractivity contribution is 7.89. The van der Waals surface area contributed by atoms with E-state index in [4.69, 9.17) is 0 Å². The van der Waals surface area contributed by atoms with Gasteiger partial charge in [0.15, 0.2) is 6.17 Å². The van der Waals surface area contributed by atoms with E-state index in [1.807, 2.05) is 26.0 Å². The van der Waals surface area contributed by atoms with Crippen LogP contribution in [0, 0.1) is 13.8 Å². The van der Waals surface area contributed by atoms with Crippen LogP contribution in [0.5, 0.6) is 0 Å². The van der Waals surface area contributed by atoms with E-state index in [0.717, 1.165) is 22.9 Å². The van der Waals surface area contributed by atoms with Gasteiger partial charge in [-0.05, 0) is 43.7 Å². The maximum absolute atomic E-state index is 13.1. The molecule has 1 saturated heterocycles. The molecule has 0 spiro atoms. The van der Waals surface area contributed by atoms with Gasteiger partial charge in [0.05, 0.1) is 11.3 Å². The van der Waals surface area contributed by atoms with Gasteiger partial charge in [-0.3, -0.25) is 4.79 Å². The van der Waals surface area contributed by atoms with E-state index in [-0.39, 0.29) is 10.6 Å². The molecule has 2 aromatic rings. The number of alkyl halides is 3. The number of aryl methyl sites for hydroxylation is 2. The molecule has 1 atom stereocenters. The number of piperazine rings is 1. The van der Waals surface area contributed by atoms with Crippen molar-refractivity contribution in [3.8, 4) is 0 Å². The van der Waals surface area contributed by atoms with Gasteiger partial charge in [0, 0.05) is 31.9 Å². The molecule has 1 fully saturated rings. The van der Waals surface area contributed by atoms with Gasteiger partial charge >= 0.3 is 6.18 Å². The molecular weight excluding hydrogens is 445 g/mol. The van der Waals surface area contributed by atoms with Crippen LogP contribution >= 0.6 is 0 Å². The molecule has 11 heteroatoms. The van der Waals surface area contributed by atoms with Gasteiger partial charge in [0.25, 0.3) is 5.91 Å². The van der Waals surface area contributed by atoms with Gasteiger partial charge in [0.2, 0.25) is 10.0 Å². The summed E-state index contributed by atoms with van der Waals surface area (Å²) in [5.41, 5.74) is 2.13. The Morgan fingerprint density at radius 2 is 1.72 bits per heavy atom. The van der Waals surface area contributed by atoms with E-state index in [9.17, 15) is 26.4 Å². The molecule has 2 heterocycles. The van der Waals surface area contributed by atoms with Crippen molar-refractivity contribution in [2.45, 2.75) is 31.1 Å². The van der Waals surface area contributed by atoms with Crippen LogP contribution in [0.2, 0.25) is 0 Å². The summed E-state index contributed by atoms with van der Waals surface area (Å²) in [6.07, 6.45) is -6.00. The highest BCUT2D eigenvalue weighted by Gasteiger charge is 2.38. The lowest BCUT2D eigenvalue weighted by atomic mass is 10.1. The molecule has 0 radical (unpaired) electrons. The molecule has 7 nitrogen and oxygen atoms in total. The third-order valence-corrected chi connectivity index (χ3v) is 7.18. The van der Waals surface area contributed by atoms with Gasteiger partial charge in [-0.15, -0.1) is 0 Å². The third-order valence-electron chi connectivity index (χ3n) is 5.70. The number of carbonyl (C=O) groups is 1. The fraction of sp³-hybridized carbons (Fsp3) is 0.381. The Labute approximate surface area is 184 Å². The van der Waals surface area contributed by atoms with Crippen molar-refractivity contribution < 1.29 is 26.4 Å². The quantitative estimate of drug-likeness (QED) is 0.709. The minimum Gasteiger partial charge on any atom is -0.368 e. The summed E-state index contributed by atoms with van der Waals surface area (Å²) in [6.45, 7) is 5.88. The predicted octanol–water partition coefficient (Wildman–Crippen LogP) is 2.70. The van der Waals surface area contributed by atoms with Crippen molar-refractivity contribution in [3.63, 3.8) is 0 Å². The lowest BCUT2D eigenvalue weighted by Crippen LogP contribution is -2.58. The zero-order valence-corrected chi connectivity index (χ0v) is 18.3. The topological polar surface area (TPSA) is 81.8 Å². The Balaban J connectivity index is 1.49. The maximum atomic E-state index is 13.1. The number of halogens is 3. The SMILES string of the molecule is Cc1ccc(N2CCN(C(=O)[C@@H]3Nc4cc(C(F)(F)F)ccc4S(=O)(=O)N3)CC2)c(C)c1. The van der Waals surface area contributed by atoms with Crippen LogP contribution in [0.4, 0.5) is 24.5 Å². The number of nitrogens with zero attached hydrogens (tertiary/aromatic N) is 2. The average Bonchev–Trinajstić information content (AvgIpc) is 2.72. The predicted molar refractivity (Wildman–Crippen MR) is 114 cm³/mol. The summed E-state index contributed by atoms with van der Waals surface area (Å²) in [4.78, 5) is 16.3. The molecule has 0 saturated carbocycles. The Bertz CT molecular complexity index is 1160. The zero-order valence-electron chi connectivity index (χ0n) is 17.5. The first-order valence-electron chi connectivity index (χ1n) is 10.1. The summed E-state index contributed by atoms with van der Waals surface area (Å²) >= 11 is 0. The smallest absolute Gasteiger partial charge is 0.368 e. The van der Waals surface area contributed by atoms with Crippen LogP contribution in [0.25, 0.3) is 0 Å². The van der Waals surface area contributed by atoms with Gasteiger partial charge in [-0.1, -0.05) is 17.7 Å². The normalized spacial score (nSPS) is 20.5. The molecule has 0 aliphatic carbocycles. The average molecular weight is 469 g/mol. The lowest BCUT2D eigenvalue weighted by molar-refractivity contribution is -0.137. The highest BCUT2D eigenvalue weighted by atomic mass is 32.2. The van der Waals surface area contributed by atoms with Crippen LogP contribution in [0.1, 0.15) is 16.7 Å². The van der Waals surface area contributed by atoms with E-state index >= 15 is 0 Å². The molecule has 4 rings (SSSR count). The number of hydrogen-bond acceptors (Lipinski definition) is 5.